The third-order valence-electron chi connectivity index (χ3n) is 8.46. The van der Waals surface area contributed by atoms with Crippen molar-refractivity contribution >= 4 is 63.7 Å². The SMILES string of the molecule is CCCCOC(=O)c1ccc(NC(=O)C(Sc2cccc(NC(=O)/C(=C\c3cccc4ccccc34)NC(=O)c3ccccc3)c2)c2ccccc2)cc1. The fourth-order valence-corrected chi connectivity index (χ4v) is 6.73. The van der Waals surface area contributed by atoms with E-state index in [1.54, 1.807) is 72.8 Å². The van der Waals surface area contributed by atoms with Crippen LogP contribution in [0.15, 0.2) is 162 Å². The van der Waals surface area contributed by atoms with E-state index in [9.17, 15) is 19.2 Å². The van der Waals surface area contributed by atoms with Crippen molar-refractivity contribution in [2.45, 2.75) is 29.9 Å². The number of unbranched alkanes of at least 4 members (excludes halogenated alkanes) is 1. The lowest BCUT2D eigenvalue weighted by atomic mass is 10.0. The molecular weight excluding hydrogens is 695 g/mol. The first kappa shape index (κ1) is 37.3. The fraction of sp³-hybridized carbons (Fsp3) is 0.111. The third-order valence-corrected chi connectivity index (χ3v) is 9.71. The number of nitrogens with one attached hydrogen (secondary N) is 3. The molecule has 270 valence electrons. The van der Waals surface area contributed by atoms with Gasteiger partial charge in [-0.25, -0.2) is 4.79 Å². The Kier molecular flexibility index (Phi) is 12.7. The van der Waals surface area contributed by atoms with Gasteiger partial charge in [-0.2, -0.15) is 0 Å². The molecule has 0 aliphatic carbocycles. The molecule has 6 rings (SSSR count). The van der Waals surface area contributed by atoms with Crippen LogP contribution in [0.25, 0.3) is 16.8 Å². The second-order valence-electron chi connectivity index (χ2n) is 12.4. The van der Waals surface area contributed by atoms with Crippen LogP contribution in [0.4, 0.5) is 11.4 Å². The zero-order chi connectivity index (χ0) is 37.7. The van der Waals surface area contributed by atoms with E-state index in [2.05, 4.69) is 16.0 Å². The molecule has 6 aromatic carbocycles. The minimum Gasteiger partial charge on any atom is -0.462 e. The van der Waals surface area contributed by atoms with Crippen molar-refractivity contribution in [3.05, 3.63) is 180 Å². The average Bonchev–Trinajstić information content (AvgIpc) is 3.21. The molecule has 9 heteroatoms. The number of rotatable bonds is 14. The van der Waals surface area contributed by atoms with E-state index in [4.69, 9.17) is 4.74 Å². The van der Waals surface area contributed by atoms with Gasteiger partial charge in [-0.3, -0.25) is 14.4 Å². The van der Waals surface area contributed by atoms with Crippen molar-refractivity contribution in [2.75, 3.05) is 17.2 Å². The van der Waals surface area contributed by atoms with E-state index in [1.807, 2.05) is 91.9 Å². The van der Waals surface area contributed by atoms with E-state index < -0.39 is 23.0 Å². The van der Waals surface area contributed by atoms with Crippen LogP contribution < -0.4 is 16.0 Å². The number of hydrogen-bond donors (Lipinski definition) is 3. The average molecular weight is 734 g/mol. The second-order valence-corrected chi connectivity index (χ2v) is 13.6. The van der Waals surface area contributed by atoms with Crippen molar-refractivity contribution in [3.63, 3.8) is 0 Å². The number of fused-ring (bicyclic) bond motifs is 1. The van der Waals surface area contributed by atoms with Crippen LogP contribution in [0.1, 0.15) is 56.9 Å². The van der Waals surface area contributed by atoms with Crippen LogP contribution in [0.5, 0.6) is 0 Å². The van der Waals surface area contributed by atoms with Crippen LogP contribution >= 0.6 is 11.8 Å². The van der Waals surface area contributed by atoms with Crippen molar-refractivity contribution in [2.24, 2.45) is 0 Å². The zero-order valence-corrected chi connectivity index (χ0v) is 30.5. The van der Waals surface area contributed by atoms with Gasteiger partial charge in [-0.1, -0.05) is 110 Å². The highest BCUT2D eigenvalue weighted by Crippen LogP contribution is 2.37. The molecule has 3 amide bonds. The molecule has 1 unspecified atom stereocenters. The van der Waals surface area contributed by atoms with Gasteiger partial charge in [-0.05, 0) is 89.0 Å². The summed E-state index contributed by atoms with van der Waals surface area (Å²) in [5.74, 6) is -1.59. The van der Waals surface area contributed by atoms with E-state index in [0.29, 0.717) is 29.1 Å². The highest BCUT2D eigenvalue weighted by molar-refractivity contribution is 8.00. The molecule has 0 fully saturated rings. The normalized spacial score (nSPS) is 11.7. The number of amides is 3. The highest BCUT2D eigenvalue weighted by Gasteiger charge is 2.23. The standard InChI is InChI=1S/C45H39N3O5S/c1-2-3-28-53-45(52)34-24-26-36(27-25-34)46-44(51)41(32-15-6-4-7-16-32)54-38-22-13-21-37(30-38)47-43(50)40(48-42(49)33-17-8-5-9-18-33)29-35-20-12-19-31-14-10-11-23-39(31)35/h4-27,29-30,41H,2-3,28H2,1H3,(H,46,51)(H,47,50)(H,48,49)/b40-29+. The molecular formula is C45H39N3O5S. The Morgan fingerprint density at radius 3 is 2.13 bits per heavy atom. The van der Waals surface area contributed by atoms with Gasteiger partial charge < -0.3 is 20.7 Å². The molecule has 0 saturated carbocycles. The van der Waals surface area contributed by atoms with Crippen molar-refractivity contribution in [1.82, 2.24) is 5.32 Å². The van der Waals surface area contributed by atoms with Gasteiger partial charge in [0.1, 0.15) is 10.9 Å². The van der Waals surface area contributed by atoms with Crippen LogP contribution in [0.2, 0.25) is 0 Å². The maximum absolute atomic E-state index is 13.9. The lowest BCUT2D eigenvalue weighted by Gasteiger charge is -2.18. The molecule has 0 bridgehead atoms. The summed E-state index contributed by atoms with van der Waals surface area (Å²) >= 11 is 1.33. The predicted molar refractivity (Wildman–Crippen MR) is 216 cm³/mol. The van der Waals surface area contributed by atoms with Crippen molar-refractivity contribution in [1.29, 1.82) is 0 Å². The molecule has 0 aliphatic heterocycles. The molecule has 54 heavy (non-hydrogen) atoms. The van der Waals surface area contributed by atoms with Gasteiger partial charge in [-0.15, -0.1) is 11.8 Å². The lowest BCUT2D eigenvalue weighted by Crippen LogP contribution is -2.30. The summed E-state index contributed by atoms with van der Waals surface area (Å²) < 4.78 is 5.30. The first-order chi connectivity index (χ1) is 26.4. The molecule has 1 atom stereocenters. The van der Waals surface area contributed by atoms with Crippen LogP contribution in [-0.4, -0.2) is 30.3 Å². The summed E-state index contributed by atoms with van der Waals surface area (Å²) in [5.41, 5.74) is 3.47. The predicted octanol–water partition coefficient (Wildman–Crippen LogP) is 9.68. The van der Waals surface area contributed by atoms with Gasteiger partial charge in [0.2, 0.25) is 5.91 Å². The number of carbonyl (C=O) groups excluding carboxylic acids is 4. The van der Waals surface area contributed by atoms with Crippen molar-refractivity contribution < 1.29 is 23.9 Å². The monoisotopic (exact) mass is 733 g/mol. The summed E-state index contributed by atoms with van der Waals surface area (Å²) in [5, 5.41) is 10.0. The van der Waals surface area contributed by atoms with E-state index >= 15 is 0 Å². The largest absolute Gasteiger partial charge is 0.462 e. The molecule has 3 N–H and O–H groups in total. The Labute approximate surface area is 318 Å². The van der Waals surface area contributed by atoms with Crippen LogP contribution in [-0.2, 0) is 14.3 Å². The van der Waals surface area contributed by atoms with Gasteiger partial charge >= 0.3 is 5.97 Å². The van der Waals surface area contributed by atoms with Crippen LogP contribution in [0.3, 0.4) is 0 Å². The molecule has 0 saturated heterocycles. The summed E-state index contributed by atoms with van der Waals surface area (Å²) in [6.07, 6.45) is 3.40. The van der Waals surface area contributed by atoms with E-state index in [1.165, 1.54) is 11.8 Å². The zero-order valence-electron chi connectivity index (χ0n) is 29.7. The Balaban J connectivity index is 1.21. The van der Waals surface area contributed by atoms with E-state index in [-0.39, 0.29) is 11.6 Å². The topological polar surface area (TPSA) is 114 Å². The van der Waals surface area contributed by atoms with Gasteiger partial charge in [0.05, 0.1) is 12.2 Å². The second kappa shape index (κ2) is 18.3. The fourth-order valence-electron chi connectivity index (χ4n) is 5.65. The first-order valence-electron chi connectivity index (χ1n) is 17.6. The number of ether oxygens (including phenoxy) is 1. The smallest absolute Gasteiger partial charge is 0.338 e. The maximum Gasteiger partial charge on any atom is 0.338 e. The van der Waals surface area contributed by atoms with Crippen molar-refractivity contribution in [3.8, 4) is 0 Å². The highest BCUT2D eigenvalue weighted by atomic mass is 32.2. The number of carbonyl (C=O) groups is 4. The maximum atomic E-state index is 13.9. The quantitative estimate of drug-likeness (QED) is 0.0445. The third kappa shape index (κ3) is 9.90. The molecule has 0 aliphatic rings. The Morgan fingerprint density at radius 2 is 1.37 bits per heavy atom. The van der Waals surface area contributed by atoms with Gasteiger partial charge in [0, 0.05) is 21.8 Å². The lowest BCUT2D eigenvalue weighted by molar-refractivity contribution is -0.116. The van der Waals surface area contributed by atoms with Crippen LogP contribution in [0, 0.1) is 0 Å². The minimum absolute atomic E-state index is 0.0695. The van der Waals surface area contributed by atoms with Gasteiger partial charge in [0.15, 0.2) is 0 Å². The van der Waals surface area contributed by atoms with E-state index in [0.717, 1.165) is 39.6 Å². The number of thioether (sulfide) groups is 1. The summed E-state index contributed by atoms with van der Waals surface area (Å²) in [7, 11) is 0. The number of benzene rings is 6. The number of hydrogen-bond acceptors (Lipinski definition) is 6. The Morgan fingerprint density at radius 1 is 0.685 bits per heavy atom. The molecule has 6 aromatic rings. The Hall–Kier alpha value is -6.45. The molecule has 0 aromatic heterocycles. The molecule has 0 spiro atoms. The summed E-state index contributed by atoms with van der Waals surface area (Å²) in [4.78, 5) is 54.1. The summed E-state index contributed by atoms with van der Waals surface area (Å²) in [6, 6.07) is 45.6. The number of anilines is 2. The first-order valence-corrected chi connectivity index (χ1v) is 18.5. The molecule has 8 nitrogen and oxygen atoms in total. The number of esters is 1. The molecule has 0 radical (unpaired) electrons. The minimum atomic E-state index is -0.650. The Bertz CT molecular complexity index is 2270. The summed E-state index contributed by atoms with van der Waals surface area (Å²) in [6.45, 7) is 2.39. The van der Waals surface area contributed by atoms with Gasteiger partial charge in [0.25, 0.3) is 11.8 Å². The molecule has 0 heterocycles.